The van der Waals surface area contributed by atoms with E-state index in [1.807, 2.05) is 19.2 Å². The van der Waals surface area contributed by atoms with E-state index in [0.29, 0.717) is 0 Å². The Kier molecular flexibility index (Phi) is 3.01. The van der Waals surface area contributed by atoms with Gasteiger partial charge < -0.3 is 0 Å². The molecule has 2 heteroatoms. The molecule has 47 valence electrons. The van der Waals surface area contributed by atoms with Crippen molar-refractivity contribution in [2.75, 3.05) is 0 Å². The van der Waals surface area contributed by atoms with Crippen molar-refractivity contribution in [1.29, 1.82) is 0 Å². The van der Waals surface area contributed by atoms with Gasteiger partial charge in [0.2, 0.25) is 8.32 Å². The maximum absolute atomic E-state index is 11.0. The zero-order chi connectivity index (χ0) is 6.62. The molecule has 0 fully saturated rings. The van der Waals surface area contributed by atoms with E-state index in [4.69, 9.17) is 0 Å². The van der Waals surface area contributed by atoms with Gasteiger partial charge in [-0.05, 0) is 25.6 Å². The topological polar surface area (TPSA) is 19.9 Å². The van der Waals surface area contributed by atoms with Gasteiger partial charge in [-0.1, -0.05) is 6.08 Å². The smallest absolute Gasteiger partial charge is 0.231 e. The second kappa shape index (κ2) is 3.05. The van der Waals surface area contributed by atoms with Crippen molar-refractivity contribution in [1.82, 2.24) is 0 Å². The third-order valence-electron chi connectivity index (χ3n) is 0.951. The predicted molar refractivity (Wildman–Crippen MR) is 37.8 cm³/mol. The first-order valence-electron chi connectivity index (χ1n) is 2.87. The van der Waals surface area contributed by atoms with Crippen molar-refractivity contribution in [3.05, 3.63) is 12.7 Å². The summed E-state index contributed by atoms with van der Waals surface area (Å²) in [6.45, 7) is 7.21. The van der Waals surface area contributed by atoms with Crippen LogP contribution < -0.4 is 0 Å². The fraction of sp³-hybridized carbons (Fsp3) is 0.667. The van der Waals surface area contributed by atoms with Crippen LogP contribution in [0, 0.1) is 0 Å². The highest BCUT2D eigenvalue weighted by Crippen LogP contribution is 2.07. The van der Waals surface area contributed by atoms with Crippen LogP contribution in [0.5, 0.6) is 0 Å². The van der Waals surface area contributed by atoms with Gasteiger partial charge in [-0.2, -0.15) is 0 Å². The van der Waals surface area contributed by atoms with Gasteiger partial charge in [-0.3, -0.25) is 4.80 Å². The van der Waals surface area contributed by atoms with E-state index in [1.54, 1.807) is 0 Å². The molecule has 0 bridgehead atoms. The zero-order valence-electron chi connectivity index (χ0n) is 5.61. The quantitative estimate of drug-likeness (QED) is 0.411. The van der Waals surface area contributed by atoms with Crippen molar-refractivity contribution in [3.63, 3.8) is 0 Å². The zero-order valence-corrected chi connectivity index (χ0v) is 6.61. The monoisotopic (exact) mass is 129 g/mol. The van der Waals surface area contributed by atoms with E-state index < -0.39 is 8.32 Å². The van der Waals surface area contributed by atoms with Crippen LogP contribution in [0.25, 0.3) is 0 Å². The highest BCUT2D eigenvalue weighted by atomic mass is 28.4. The van der Waals surface area contributed by atoms with Crippen molar-refractivity contribution >= 4 is 8.32 Å². The molecule has 0 aliphatic carbocycles. The summed E-state index contributed by atoms with van der Waals surface area (Å²) in [5, 5.41) is 0. The van der Waals surface area contributed by atoms with Crippen LogP contribution in [-0.2, 0) is 4.80 Å². The molecule has 0 amide bonds. The molecule has 0 heterocycles. The van der Waals surface area contributed by atoms with Crippen LogP contribution in [0.2, 0.25) is 19.1 Å². The highest BCUT2D eigenvalue weighted by Gasteiger charge is 2.17. The Morgan fingerprint density at radius 1 is 1.62 bits per heavy atom. The summed E-state index contributed by atoms with van der Waals surface area (Å²) < 4.78 is 0. The van der Waals surface area contributed by atoms with Gasteiger partial charge >= 0.3 is 0 Å². The summed E-state index contributed by atoms with van der Waals surface area (Å²) in [4.78, 5) is 11.0. The molecule has 0 aromatic rings. The average Bonchev–Trinajstić information content (AvgIpc) is 1.59. The minimum atomic E-state index is -2.00. The van der Waals surface area contributed by atoms with Gasteiger partial charge in [0.1, 0.15) is 0 Å². The lowest BCUT2D eigenvalue weighted by atomic mass is 10.5. The van der Waals surface area contributed by atoms with E-state index in [2.05, 4.69) is 6.58 Å². The summed E-state index contributed by atoms with van der Waals surface area (Å²) in [6, 6.07) is 0.830. The predicted octanol–water partition coefficient (Wildman–Crippen LogP) is 2.20. The molecule has 0 N–H and O–H groups in total. The first-order valence-corrected chi connectivity index (χ1v) is 5.99. The Bertz CT molecular complexity index is 73.1. The molecule has 0 atom stereocenters. The maximum Gasteiger partial charge on any atom is 0.231 e. The minimum Gasteiger partial charge on any atom is -0.298 e. The van der Waals surface area contributed by atoms with Gasteiger partial charge in [-0.25, -0.2) is 0 Å². The molecule has 0 spiro atoms. The molecule has 0 rings (SSSR count). The first-order chi connectivity index (χ1) is 3.56. The van der Waals surface area contributed by atoms with Crippen LogP contribution >= 0.6 is 0 Å². The molecular weight excluding hydrogens is 116 g/mol. The molecule has 1 nitrogen and oxygen atoms in total. The van der Waals surface area contributed by atoms with E-state index in [-0.39, 0.29) is 0 Å². The van der Waals surface area contributed by atoms with E-state index >= 15 is 0 Å². The normalized spacial score (nSPS) is 11.4. The van der Waals surface area contributed by atoms with Gasteiger partial charge in [-0.15, -0.1) is 6.58 Å². The lowest BCUT2D eigenvalue weighted by Crippen LogP contribution is -2.21. The Morgan fingerprint density at radius 2 is 2.12 bits per heavy atom. The number of hydrogen-bond acceptors (Lipinski definition) is 0. The van der Waals surface area contributed by atoms with E-state index in [0.717, 1.165) is 12.5 Å². The average molecular weight is 129 g/mol. The van der Waals surface area contributed by atoms with E-state index in [9.17, 15) is 4.80 Å². The Balaban J connectivity index is 3.24. The van der Waals surface area contributed by atoms with Gasteiger partial charge in [0.25, 0.3) is 0 Å². The molecule has 1 radical (unpaired) electrons. The summed E-state index contributed by atoms with van der Waals surface area (Å²) in [7, 11) is -2.00. The minimum absolute atomic E-state index is 0.830. The number of rotatable bonds is 3. The third kappa shape index (κ3) is 5.92. The molecular formula is C6H13OSi. The summed E-state index contributed by atoms with van der Waals surface area (Å²) >= 11 is 0. The van der Waals surface area contributed by atoms with E-state index in [1.165, 1.54) is 0 Å². The molecule has 0 aromatic heterocycles. The van der Waals surface area contributed by atoms with Gasteiger partial charge in [0, 0.05) is 0 Å². The first kappa shape index (κ1) is 7.92. The fourth-order valence-corrected chi connectivity index (χ4v) is 1.35. The summed E-state index contributed by atoms with van der Waals surface area (Å²) in [5.41, 5.74) is 0. The van der Waals surface area contributed by atoms with Crippen LogP contribution in [0.4, 0.5) is 0 Å². The molecule has 0 aromatic carbocycles. The lowest BCUT2D eigenvalue weighted by Gasteiger charge is -2.06. The third-order valence-corrected chi connectivity index (χ3v) is 2.44. The Hall–Kier alpha value is -0.0831. The van der Waals surface area contributed by atoms with Crippen LogP contribution in [-0.4, -0.2) is 8.32 Å². The molecule has 0 unspecified atom stereocenters. The van der Waals surface area contributed by atoms with Crippen LogP contribution in [0.1, 0.15) is 6.42 Å². The van der Waals surface area contributed by atoms with Crippen molar-refractivity contribution in [2.45, 2.75) is 25.6 Å². The van der Waals surface area contributed by atoms with Crippen molar-refractivity contribution in [3.8, 4) is 0 Å². The van der Waals surface area contributed by atoms with Gasteiger partial charge in [0.05, 0.1) is 0 Å². The molecule has 8 heavy (non-hydrogen) atoms. The molecule has 0 aliphatic heterocycles. The summed E-state index contributed by atoms with van der Waals surface area (Å²) in [6.07, 6.45) is 2.70. The standard InChI is InChI=1S/C6H13OSi/c1-4-5-6-8(2,3)7/h4H,1,5-6H2,2-3H3. The van der Waals surface area contributed by atoms with Crippen LogP contribution in [0.15, 0.2) is 12.7 Å². The van der Waals surface area contributed by atoms with Gasteiger partial charge in [0.15, 0.2) is 0 Å². The van der Waals surface area contributed by atoms with Crippen molar-refractivity contribution in [2.24, 2.45) is 0 Å². The second-order valence-electron chi connectivity index (χ2n) is 2.59. The molecule has 0 saturated heterocycles. The lowest BCUT2D eigenvalue weighted by molar-refractivity contribution is 0.428. The number of allylic oxidation sites excluding steroid dienone is 1. The molecule has 0 aliphatic rings. The SMILES string of the molecule is C=CCC[Si](C)(C)[O]. The molecule has 0 saturated carbocycles. The second-order valence-corrected chi connectivity index (χ2v) is 6.61. The number of hydrogen-bond donors (Lipinski definition) is 0. The maximum atomic E-state index is 11.0. The largest absolute Gasteiger partial charge is 0.298 e. The Labute approximate surface area is 52.2 Å². The van der Waals surface area contributed by atoms with Crippen molar-refractivity contribution < 1.29 is 4.80 Å². The van der Waals surface area contributed by atoms with Crippen LogP contribution in [0.3, 0.4) is 0 Å². The highest BCUT2D eigenvalue weighted by molar-refractivity contribution is 6.69. The Morgan fingerprint density at radius 3 is 2.25 bits per heavy atom. The fourth-order valence-electron chi connectivity index (χ4n) is 0.450. The summed E-state index contributed by atoms with van der Waals surface area (Å²) in [5.74, 6) is 0.